The van der Waals surface area contributed by atoms with Crippen LogP contribution in [-0.2, 0) is 13.0 Å². The maximum Gasteiger partial charge on any atom is 0.0669 e. The molecule has 0 radical (unpaired) electrons. The van der Waals surface area contributed by atoms with E-state index in [9.17, 15) is 0 Å². The molecule has 0 N–H and O–H groups in total. The fourth-order valence-corrected chi connectivity index (χ4v) is 1.77. The Bertz CT molecular complexity index is 352. The molecule has 1 aromatic rings. The first-order chi connectivity index (χ1) is 7.77. The first-order valence-electron chi connectivity index (χ1n) is 5.90. The van der Waals surface area contributed by atoms with Crippen molar-refractivity contribution in [3.05, 3.63) is 35.4 Å². The van der Waals surface area contributed by atoms with Crippen molar-refractivity contribution in [1.29, 1.82) is 5.26 Å². The van der Waals surface area contributed by atoms with Gasteiger partial charge in [0.1, 0.15) is 0 Å². The zero-order valence-corrected chi connectivity index (χ0v) is 10.2. The smallest absolute Gasteiger partial charge is 0.0669 e. The van der Waals surface area contributed by atoms with Gasteiger partial charge >= 0.3 is 0 Å². The van der Waals surface area contributed by atoms with Gasteiger partial charge in [0.15, 0.2) is 0 Å². The molecule has 0 aliphatic carbocycles. The highest BCUT2D eigenvalue weighted by molar-refractivity contribution is 5.29. The van der Waals surface area contributed by atoms with E-state index < -0.39 is 0 Å². The Morgan fingerprint density at radius 1 is 1.25 bits per heavy atom. The second-order valence-corrected chi connectivity index (χ2v) is 4.19. The topological polar surface area (TPSA) is 27.0 Å². The van der Waals surface area contributed by atoms with Gasteiger partial charge in [-0.2, -0.15) is 5.26 Å². The Kier molecular flexibility index (Phi) is 5.60. The zero-order chi connectivity index (χ0) is 11.8. The molecule has 0 fully saturated rings. The lowest BCUT2D eigenvalue weighted by atomic mass is 10.0. The Labute approximate surface area is 98.5 Å². The van der Waals surface area contributed by atoms with Crippen LogP contribution in [0, 0.1) is 11.3 Å². The van der Waals surface area contributed by atoms with Crippen molar-refractivity contribution in [2.45, 2.75) is 32.7 Å². The van der Waals surface area contributed by atoms with Crippen molar-refractivity contribution in [1.82, 2.24) is 4.90 Å². The van der Waals surface area contributed by atoms with Crippen molar-refractivity contribution < 1.29 is 0 Å². The summed E-state index contributed by atoms with van der Waals surface area (Å²) in [6.07, 6.45) is 2.97. The van der Waals surface area contributed by atoms with Crippen LogP contribution >= 0.6 is 0 Å². The normalized spacial score (nSPS) is 10.4. The van der Waals surface area contributed by atoms with Gasteiger partial charge in [0.2, 0.25) is 0 Å². The second-order valence-electron chi connectivity index (χ2n) is 4.19. The molecule has 0 aromatic heterocycles. The van der Waals surface area contributed by atoms with Crippen LogP contribution in [0.3, 0.4) is 0 Å². The van der Waals surface area contributed by atoms with Crippen molar-refractivity contribution in [2.75, 3.05) is 13.6 Å². The molecular formula is C14H20N2. The molecule has 0 aliphatic rings. The van der Waals surface area contributed by atoms with Crippen LogP contribution in [0.15, 0.2) is 24.3 Å². The monoisotopic (exact) mass is 216 g/mol. The quantitative estimate of drug-likeness (QED) is 0.731. The average Bonchev–Trinajstić information content (AvgIpc) is 2.29. The minimum Gasteiger partial charge on any atom is -0.302 e. The van der Waals surface area contributed by atoms with E-state index in [1.807, 2.05) is 18.2 Å². The fourth-order valence-electron chi connectivity index (χ4n) is 1.77. The summed E-state index contributed by atoms with van der Waals surface area (Å²) in [6, 6.07) is 10.4. The molecule has 2 nitrogen and oxygen atoms in total. The molecule has 0 aliphatic heterocycles. The van der Waals surface area contributed by atoms with E-state index in [1.165, 1.54) is 18.4 Å². The van der Waals surface area contributed by atoms with Gasteiger partial charge in [-0.25, -0.2) is 0 Å². The van der Waals surface area contributed by atoms with Crippen LogP contribution in [0.5, 0.6) is 0 Å². The molecule has 0 saturated heterocycles. The third kappa shape index (κ3) is 4.04. The highest BCUT2D eigenvalue weighted by Crippen LogP contribution is 2.11. The minimum atomic E-state index is 0.512. The minimum absolute atomic E-state index is 0.512. The molecule has 0 unspecified atom stereocenters. The SMILES string of the molecule is CCCCN(C)Cc1ccccc1CC#N. The van der Waals surface area contributed by atoms with Crippen LogP contribution in [0.1, 0.15) is 30.9 Å². The van der Waals surface area contributed by atoms with Gasteiger partial charge in [-0.05, 0) is 31.1 Å². The highest BCUT2D eigenvalue weighted by atomic mass is 15.1. The van der Waals surface area contributed by atoms with E-state index in [-0.39, 0.29) is 0 Å². The Morgan fingerprint density at radius 2 is 1.94 bits per heavy atom. The molecule has 2 heteroatoms. The molecule has 1 rings (SSSR count). The number of nitriles is 1. The van der Waals surface area contributed by atoms with E-state index >= 15 is 0 Å². The maximum absolute atomic E-state index is 8.76. The van der Waals surface area contributed by atoms with E-state index in [0.29, 0.717) is 6.42 Å². The van der Waals surface area contributed by atoms with Crippen LogP contribution in [0.4, 0.5) is 0 Å². The van der Waals surface area contributed by atoms with Crippen LogP contribution in [-0.4, -0.2) is 18.5 Å². The molecule has 0 saturated carbocycles. The number of nitrogens with zero attached hydrogens (tertiary/aromatic N) is 2. The molecule has 1 aromatic carbocycles. The van der Waals surface area contributed by atoms with Gasteiger partial charge in [-0.1, -0.05) is 37.6 Å². The van der Waals surface area contributed by atoms with Gasteiger partial charge in [0.05, 0.1) is 12.5 Å². The van der Waals surface area contributed by atoms with Crippen molar-refractivity contribution in [2.24, 2.45) is 0 Å². The number of rotatable bonds is 6. The largest absolute Gasteiger partial charge is 0.302 e. The van der Waals surface area contributed by atoms with E-state index in [4.69, 9.17) is 5.26 Å². The molecular weight excluding hydrogens is 196 g/mol. The number of hydrogen-bond acceptors (Lipinski definition) is 2. The fraction of sp³-hybridized carbons (Fsp3) is 0.500. The maximum atomic E-state index is 8.76. The van der Waals surface area contributed by atoms with Crippen molar-refractivity contribution >= 4 is 0 Å². The third-order valence-corrected chi connectivity index (χ3v) is 2.72. The lowest BCUT2D eigenvalue weighted by Gasteiger charge is -2.17. The van der Waals surface area contributed by atoms with Gasteiger partial charge in [0.25, 0.3) is 0 Å². The molecule has 0 spiro atoms. The molecule has 0 amide bonds. The third-order valence-electron chi connectivity index (χ3n) is 2.72. The lowest BCUT2D eigenvalue weighted by molar-refractivity contribution is 0.320. The summed E-state index contributed by atoms with van der Waals surface area (Å²) in [4.78, 5) is 2.32. The summed E-state index contributed by atoms with van der Waals surface area (Å²) in [7, 11) is 2.14. The highest BCUT2D eigenvalue weighted by Gasteiger charge is 2.04. The predicted octanol–water partition coefficient (Wildman–Crippen LogP) is 2.98. The lowest BCUT2D eigenvalue weighted by Crippen LogP contribution is -2.19. The first kappa shape index (κ1) is 12.7. The molecule has 86 valence electrons. The van der Waals surface area contributed by atoms with E-state index in [2.05, 4.69) is 31.0 Å². The molecule has 0 atom stereocenters. The van der Waals surface area contributed by atoms with Gasteiger partial charge < -0.3 is 4.90 Å². The van der Waals surface area contributed by atoms with Gasteiger partial charge in [0, 0.05) is 6.54 Å². The van der Waals surface area contributed by atoms with Crippen LogP contribution in [0.25, 0.3) is 0 Å². The van der Waals surface area contributed by atoms with Crippen LogP contribution in [0.2, 0.25) is 0 Å². The number of hydrogen-bond donors (Lipinski definition) is 0. The average molecular weight is 216 g/mol. The van der Waals surface area contributed by atoms with Crippen LogP contribution < -0.4 is 0 Å². The molecule has 0 bridgehead atoms. The number of unbranched alkanes of at least 4 members (excludes halogenated alkanes) is 1. The van der Waals surface area contributed by atoms with Crippen molar-refractivity contribution in [3.63, 3.8) is 0 Å². The zero-order valence-electron chi connectivity index (χ0n) is 10.2. The van der Waals surface area contributed by atoms with E-state index in [1.54, 1.807) is 0 Å². The summed E-state index contributed by atoms with van der Waals surface area (Å²) in [5.41, 5.74) is 2.44. The Morgan fingerprint density at radius 3 is 2.56 bits per heavy atom. The molecule has 0 heterocycles. The van der Waals surface area contributed by atoms with Gasteiger partial charge in [-0.3, -0.25) is 0 Å². The molecule has 16 heavy (non-hydrogen) atoms. The van der Waals surface area contributed by atoms with Crippen molar-refractivity contribution in [3.8, 4) is 6.07 Å². The summed E-state index contributed by atoms with van der Waals surface area (Å²) in [6.45, 7) is 4.27. The summed E-state index contributed by atoms with van der Waals surface area (Å²) < 4.78 is 0. The summed E-state index contributed by atoms with van der Waals surface area (Å²) in [5, 5.41) is 8.76. The Hall–Kier alpha value is -1.33. The summed E-state index contributed by atoms with van der Waals surface area (Å²) >= 11 is 0. The first-order valence-corrected chi connectivity index (χ1v) is 5.90. The van der Waals surface area contributed by atoms with Gasteiger partial charge in [-0.15, -0.1) is 0 Å². The Balaban J connectivity index is 2.61. The number of benzene rings is 1. The second kappa shape index (κ2) is 7.03. The predicted molar refractivity (Wildman–Crippen MR) is 67.0 cm³/mol. The standard InChI is InChI=1S/C14H20N2/c1-3-4-11-16(2)12-14-8-6-5-7-13(14)9-10-15/h5-8H,3-4,9,11-12H2,1-2H3. The van der Waals surface area contributed by atoms with E-state index in [0.717, 1.165) is 18.7 Å². The summed E-state index contributed by atoms with van der Waals surface area (Å²) in [5.74, 6) is 0.